The van der Waals surface area contributed by atoms with Crippen molar-refractivity contribution >= 4 is 28.2 Å². The van der Waals surface area contributed by atoms with Crippen LogP contribution in [0.1, 0.15) is 43.2 Å². The van der Waals surface area contributed by atoms with Crippen LogP contribution in [-0.4, -0.2) is 43.1 Å². The first-order valence-electron chi connectivity index (χ1n) is 11.4. The van der Waals surface area contributed by atoms with Crippen molar-refractivity contribution in [2.45, 2.75) is 37.0 Å². The highest BCUT2D eigenvalue weighted by molar-refractivity contribution is 7.98. The van der Waals surface area contributed by atoms with Crippen molar-refractivity contribution in [2.24, 2.45) is 5.16 Å². The SMILES string of the molecule is CSc1ccc(C(=NOCCCCN2CCCCC2)c2cccc3ccccc23)cc1. The van der Waals surface area contributed by atoms with Crippen LogP contribution in [0.25, 0.3) is 10.8 Å². The van der Waals surface area contributed by atoms with Crippen LogP contribution < -0.4 is 0 Å². The number of benzene rings is 3. The fourth-order valence-electron chi connectivity index (χ4n) is 4.23. The minimum atomic E-state index is 0.658. The molecule has 31 heavy (non-hydrogen) atoms. The second kappa shape index (κ2) is 11.4. The van der Waals surface area contributed by atoms with Gasteiger partial charge in [0.2, 0.25) is 0 Å². The van der Waals surface area contributed by atoms with Crippen LogP contribution in [0.15, 0.2) is 76.8 Å². The van der Waals surface area contributed by atoms with Gasteiger partial charge in [-0.15, -0.1) is 11.8 Å². The van der Waals surface area contributed by atoms with E-state index >= 15 is 0 Å². The number of rotatable bonds is 9. The van der Waals surface area contributed by atoms with E-state index in [0.29, 0.717) is 6.61 Å². The first-order chi connectivity index (χ1) is 15.3. The van der Waals surface area contributed by atoms with E-state index in [4.69, 9.17) is 4.84 Å². The predicted octanol–water partition coefficient (Wildman–Crippen LogP) is 6.60. The molecule has 3 nitrogen and oxygen atoms in total. The molecular weight excluding hydrogens is 400 g/mol. The third kappa shape index (κ3) is 5.90. The molecule has 4 heteroatoms. The second-order valence-electron chi connectivity index (χ2n) is 8.14. The molecule has 1 aliphatic rings. The predicted molar refractivity (Wildman–Crippen MR) is 133 cm³/mol. The van der Waals surface area contributed by atoms with E-state index in [1.807, 2.05) is 0 Å². The molecule has 1 aliphatic heterocycles. The largest absolute Gasteiger partial charge is 0.395 e. The fourth-order valence-corrected chi connectivity index (χ4v) is 4.64. The Bertz CT molecular complexity index is 988. The molecule has 0 bridgehead atoms. The molecule has 0 atom stereocenters. The normalized spacial score (nSPS) is 15.3. The minimum absolute atomic E-state index is 0.658. The molecule has 0 aliphatic carbocycles. The van der Waals surface area contributed by atoms with Crippen molar-refractivity contribution in [1.29, 1.82) is 0 Å². The summed E-state index contributed by atoms with van der Waals surface area (Å²) in [5.74, 6) is 0. The number of piperidine rings is 1. The van der Waals surface area contributed by atoms with Gasteiger partial charge in [0.25, 0.3) is 0 Å². The molecule has 0 radical (unpaired) electrons. The van der Waals surface area contributed by atoms with Crippen molar-refractivity contribution < 1.29 is 4.84 Å². The summed E-state index contributed by atoms with van der Waals surface area (Å²) in [7, 11) is 0. The van der Waals surface area contributed by atoms with E-state index in [0.717, 1.165) is 23.3 Å². The zero-order valence-electron chi connectivity index (χ0n) is 18.4. The van der Waals surface area contributed by atoms with E-state index in [2.05, 4.69) is 83.0 Å². The average molecular weight is 433 g/mol. The van der Waals surface area contributed by atoms with Gasteiger partial charge in [-0.05, 0) is 74.5 Å². The molecule has 0 N–H and O–H groups in total. The van der Waals surface area contributed by atoms with Gasteiger partial charge in [0.1, 0.15) is 12.3 Å². The fraction of sp³-hybridized carbons (Fsp3) is 0.370. The highest BCUT2D eigenvalue weighted by atomic mass is 32.2. The Morgan fingerprint density at radius 2 is 1.68 bits per heavy atom. The molecule has 0 amide bonds. The lowest BCUT2D eigenvalue weighted by atomic mass is 9.97. The van der Waals surface area contributed by atoms with Gasteiger partial charge in [0.15, 0.2) is 0 Å². The quantitative estimate of drug-likeness (QED) is 0.165. The molecular formula is C27H32N2OS. The van der Waals surface area contributed by atoms with Gasteiger partial charge in [0, 0.05) is 16.0 Å². The Kier molecular flexibility index (Phi) is 8.03. The van der Waals surface area contributed by atoms with Gasteiger partial charge >= 0.3 is 0 Å². The first kappa shape index (κ1) is 21.9. The van der Waals surface area contributed by atoms with Gasteiger partial charge in [-0.25, -0.2) is 0 Å². The molecule has 162 valence electrons. The topological polar surface area (TPSA) is 24.8 Å². The standard InChI is InChI=1S/C27H32N2OS/c1-31-24-16-14-23(15-17-24)27(26-13-9-11-22-10-3-4-12-25(22)26)28-30-21-8-7-20-29-18-5-2-6-19-29/h3-4,9-17H,2,5-8,18-21H2,1H3. The van der Waals surface area contributed by atoms with E-state index in [1.54, 1.807) is 11.8 Å². The third-order valence-electron chi connectivity index (χ3n) is 5.97. The number of unbranched alkanes of at least 4 members (excludes halogenated alkanes) is 1. The maximum Gasteiger partial charge on any atom is 0.117 e. The van der Waals surface area contributed by atoms with Gasteiger partial charge in [-0.3, -0.25) is 0 Å². The summed E-state index contributed by atoms with van der Waals surface area (Å²) in [6.45, 7) is 4.36. The molecule has 0 saturated carbocycles. The number of oxime groups is 1. The lowest BCUT2D eigenvalue weighted by molar-refractivity contribution is 0.134. The third-order valence-corrected chi connectivity index (χ3v) is 6.72. The summed E-state index contributed by atoms with van der Waals surface area (Å²) in [4.78, 5) is 9.70. The second-order valence-corrected chi connectivity index (χ2v) is 9.02. The summed E-state index contributed by atoms with van der Waals surface area (Å²) < 4.78 is 0. The molecule has 3 aromatic rings. The van der Waals surface area contributed by atoms with E-state index in [9.17, 15) is 0 Å². The van der Waals surface area contributed by atoms with Crippen molar-refractivity contribution in [3.05, 3.63) is 77.9 Å². The van der Waals surface area contributed by atoms with Gasteiger partial charge in [0.05, 0.1) is 0 Å². The number of nitrogens with zero attached hydrogens (tertiary/aromatic N) is 2. The van der Waals surface area contributed by atoms with Gasteiger partial charge in [-0.2, -0.15) is 0 Å². The molecule has 0 aromatic heterocycles. The van der Waals surface area contributed by atoms with Crippen LogP contribution in [-0.2, 0) is 4.84 Å². The average Bonchev–Trinajstić information content (AvgIpc) is 2.84. The number of thioether (sulfide) groups is 1. The maximum absolute atomic E-state index is 5.86. The zero-order valence-corrected chi connectivity index (χ0v) is 19.2. The molecule has 1 heterocycles. The van der Waals surface area contributed by atoms with E-state index in [1.165, 1.54) is 61.0 Å². The van der Waals surface area contributed by atoms with E-state index in [-0.39, 0.29) is 0 Å². The highest BCUT2D eigenvalue weighted by Gasteiger charge is 2.12. The van der Waals surface area contributed by atoms with Crippen molar-refractivity contribution in [3.8, 4) is 0 Å². The van der Waals surface area contributed by atoms with Crippen LogP contribution >= 0.6 is 11.8 Å². The Hall–Kier alpha value is -2.30. The van der Waals surface area contributed by atoms with Crippen LogP contribution in [0.2, 0.25) is 0 Å². The maximum atomic E-state index is 5.86. The zero-order chi connectivity index (χ0) is 21.3. The lowest BCUT2D eigenvalue weighted by Crippen LogP contribution is -2.30. The first-order valence-corrected chi connectivity index (χ1v) is 12.6. The Morgan fingerprint density at radius 1 is 0.903 bits per heavy atom. The number of hydrogen-bond acceptors (Lipinski definition) is 4. The van der Waals surface area contributed by atoms with Crippen molar-refractivity contribution in [1.82, 2.24) is 4.90 Å². The summed E-state index contributed by atoms with van der Waals surface area (Å²) in [5.41, 5.74) is 3.10. The highest BCUT2D eigenvalue weighted by Crippen LogP contribution is 2.24. The summed E-state index contributed by atoms with van der Waals surface area (Å²) >= 11 is 1.75. The monoisotopic (exact) mass is 432 g/mol. The van der Waals surface area contributed by atoms with Crippen molar-refractivity contribution in [3.63, 3.8) is 0 Å². The molecule has 0 unspecified atom stereocenters. The van der Waals surface area contributed by atoms with Gasteiger partial charge in [-0.1, -0.05) is 66.2 Å². The lowest BCUT2D eigenvalue weighted by Gasteiger charge is -2.26. The summed E-state index contributed by atoms with van der Waals surface area (Å²) in [6.07, 6.45) is 8.40. The smallest absolute Gasteiger partial charge is 0.117 e. The molecule has 0 spiro atoms. The van der Waals surface area contributed by atoms with Crippen molar-refractivity contribution in [2.75, 3.05) is 32.5 Å². The Labute approximate surface area is 190 Å². The summed E-state index contributed by atoms with van der Waals surface area (Å²) in [6, 6.07) is 23.5. The van der Waals surface area contributed by atoms with Crippen LogP contribution in [0.5, 0.6) is 0 Å². The number of likely N-dealkylation sites (tertiary alicyclic amines) is 1. The molecule has 1 saturated heterocycles. The van der Waals surface area contributed by atoms with Gasteiger partial charge < -0.3 is 9.74 Å². The summed E-state index contributed by atoms with van der Waals surface area (Å²) in [5, 5.41) is 7.07. The molecule has 4 rings (SSSR count). The van der Waals surface area contributed by atoms with Crippen LogP contribution in [0.3, 0.4) is 0 Å². The molecule has 3 aromatic carbocycles. The van der Waals surface area contributed by atoms with E-state index < -0.39 is 0 Å². The minimum Gasteiger partial charge on any atom is -0.395 e. The van der Waals surface area contributed by atoms with Crippen LogP contribution in [0, 0.1) is 0 Å². The Balaban J connectivity index is 1.48. The number of fused-ring (bicyclic) bond motifs is 1. The Morgan fingerprint density at radius 3 is 2.48 bits per heavy atom. The molecule has 1 fully saturated rings. The number of hydrogen-bond donors (Lipinski definition) is 0. The van der Waals surface area contributed by atoms with Crippen LogP contribution in [0.4, 0.5) is 0 Å².